The van der Waals surface area contributed by atoms with Crippen molar-refractivity contribution in [2.75, 3.05) is 4.90 Å². The molecule has 2 unspecified atom stereocenters. The van der Waals surface area contributed by atoms with E-state index in [1.165, 1.54) is 71.9 Å². The van der Waals surface area contributed by atoms with E-state index in [9.17, 15) is 0 Å². The summed E-state index contributed by atoms with van der Waals surface area (Å²) in [4.78, 5) is 7.91. The molecule has 13 rings (SSSR count). The van der Waals surface area contributed by atoms with Crippen LogP contribution >= 0.6 is 0 Å². The van der Waals surface area contributed by atoms with Gasteiger partial charge in [-0.25, -0.2) is 4.98 Å². The Bertz CT molecular complexity index is 3570. The quantitative estimate of drug-likeness (QED) is 0.167. The number of anilines is 2. The standard InChI is InChI=1S/C59H40N4/c1-4-16-39(17-5-1)43-36-52(40-18-6-2-7-19-40)60-59(37-43)63-55-27-15-12-23-47(55)50-35-42(29-32-58(50)63)41-28-31-56-49(34-41)46-22-10-14-26-54(46)62(56)45-30-33-57-51(38-45)48-24-11-13-25-53(48)61(57)44-20-8-3-9-21-44/h1-38,49,56H. The lowest BCUT2D eigenvalue weighted by atomic mass is 9.86. The Morgan fingerprint density at radius 3 is 1.78 bits per heavy atom. The zero-order valence-electron chi connectivity index (χ0n) is 34.4. The molecular weight excluding hydrogens is 765 g/mol. The fraction of sp³-hybridized carbons (Fsp3) is 0.0339. The topological polar surface area (TPSA) is 26.0 Å². The number of aromatic nitrogens is 3. The van der Waals surface area contributed by atoms with Gasteiger partial charge in [-0.05, 0) is 101 Å². The molecule has 0 spiro atoms. The molecule has 11 aromatic rings. The van der Waals surface area contributed by atoms with Gasteiger partial charge < -0.3 is 9.47 Å². The lowest BCUT2D eigenvalue weighted by Gasteiger charge is -2.30. The molecule has 2 atom stereocenters. The number of hydrogen-bond donors (Lipinski definition) is 0. The van der Waals surface area contributed by atoms with E-state index in [0.29, 0.717) is 0 Å². The van der Waals surface area contributed by atoms with Crippen LogP contribution in [-0.4, -0.2) is 20.2 Å². The number of benzene rings is 8. The van der Waals surface area contributed by atoms with Crippen molar-refractivity contribution in [2.45, 2.75) is 12.0 Å². The van der Waals surface area contributed by atoms with Gasteiger partial charge in [0, 0.05) is 50.1 Å². The molecule has 296 valence electrons. The van der Waals surface area contributed by atoms with Crippen LogP contribution in [-0.2, 0) is 0 Å². The van der Waals surface area contributed by atoms with E-state index in [1.807, 2.05) is 0 Å². The minimum absolute atomic E-state index is 0.151. The Kier molecular flexibility index (Phi) is 8.00. The van der Waals surface area contributed by atoms with E-state index >= 15 is 0 Å². The van der Waals surface area contributed by atoms with E-state index < -0.39 is 0 Å². The molecule has 0 radical (unpaired) electrons. The molecule has 63 heavy (non-hydrogen) atoms. The van der Waals surface area contributed by atoms with Crippen LogP contribution in [0.15, 0.2) is 231 Å². The SMILES string of the molecule is C1=CC2C(C=C1c1ccc3c(c1)c1ccccc1n3-c1cc(-c3ccccc3)cc(-c3ccccc3)n1)c1ccccc1N2c1ccc2c(c1)c1ccccc1n2-c1ccccc1. The van der Waals surface area contributed by atoms with Gasteiger partial charge in [0.05, 0.1) is 33.8 Å². The van der Waals surface area contributed by atoms with Crippen molar-refractivity contribution in [3.8, 4) is 33.9 Å². The Labute approximate surface area is 365 Å². The minimum Gasteiger partial charge on any atom is -0.333 e. The molecule has 2 aliphatic rings. The predicted octanol–water partition coefficient (Wildman–Crippen LogP) is 14.9. The van der Waals surface area contributed by atoms with E-state index in [4.69, 9.17) is 4.98 Å². The third-order valence-corrected chi connectivity index (χ3v) is 13.2. The number of hydrogen-bond acceptors (Lipinski definition) is 2. The summed E-state index contributed by atoms with van der Waals surface area (Å²) in [5, 5.41) is 4.94. The summed E-state index contributed by atoms with van der Waals surface area (Å²) >= 11 is 0. The molecule has 4 heterocycles. The third-order valence-electron chi connectivity index (χ3n) is 13.2. The predicted molar refractivity (Wildman–Crippen MR) is 262 cm³/mol. The monoisotopic (exact) mass is 804 g/mol. The maximum absolute atomic E-state index is 5.36. The molecule has 0 amide bonds. The lowest BCUT2D eigenvalue weighted by molar-refractivity contribution is 0.747. The van der Waals surface area contributed by atoms with Crippen LogP contribution in [0.3, 0.4) is 0 Å². The van der Waals surface area contributed by atoms with Gasteiger partial charge in [-0.1, -0.05) is 158 Å². The highest BCUT2D eigenvalue weighted by Gasteiger charge is 2.38. The molecular formula is C59H40N4. The Morgan fingerprint density at radius 1 is 0.397 bits per heavy atom. The smallest absolute Gasteiger partial charge is 0.138 e. The average molecular weight is 805 g/mol. The van der Waals surface area contributed by atoms with Gasteiger partial charge in [0.25, 0.3) is 0 Å². The lowest BCUT2D eigenvalue weighted by Crippen LogP contribution is -2.28. The van der Waals surface area contributed by atoms with E-state index in [1.54, 1.807) is 0 Å². The third kappa shape index (κ3) is 5.65. The number of allylic oxidation sites excluding steroid dienone is 2. The second-order valence-electron chi connectivity index (χ2n) is 16.7. The van der Waals surface area contributed by atoms with Crippen molar-refractivity contribution in [1.82, 2.24) is 14.1 Å². The molecule has 4 heteroatoms. The first-order chi connectivity index (χ1) is 31.2. The zero-order valence-corrected chi connectivity index (χ0v) is 34.4. The van der Waals surface area contributed by atoms with Crippen molar-refractivity contribution in [3.05, 3.63) is 242 Å². The molecule has 0 saturated carbocycles. The van der Waals surface area contributed by atoms with E-state index in [-0.39, 0.29) is 12.0 Å². The van der Waals surface area contributed by atoms with Crippen LogP contribution < -0.4 is 4.90 Å². The highest BCUT2D eigenvalue weighted by atomic mass is 15.2. The minimum atomic E-state index is 0.151. The highest BCUT2D eigenvalue weighted by Crippen LogP contribution is 2.50. The molecule has 0 saturated heterocycles. The summed E-state index contributed by atoms with van der Waals surface area (Å²) in [6, 6.07) is 76.9. The molecule has 0 N–H and O–H groups in total. The van der Waals surface area contributed by atoms with Gasteiger partial charge in [-0.15, -0.1) is 0 Å². The van der Waals surface area contributed by atoms with Gasteiger partial charge >= 0.3 is 0 Å². The molecule has 8 aromatic carbocycles. The normalized spacial score (nSPS) is 15.6. The zero-order chi connectivity index (χ0) is 41.4. The van der Waals surface area contributed by atoms with Crippen LogP contribution in [0.1, 0.15) is 17.0 Å². The van der Waals surface area contributed by atoms with Gasteiger partial charge in [-0.3, -0.25) is 4.57 Å². The number of fused-ring (bicyclic) bond motifs is 9. The molecule has 0 fully saturated rings. The molecule has 3 aromatic heterocycles. The van der Waals surface area contributed by atoms with Crippen LogP contribution in [0, 0.1) is 0 Å². The number of nitrogens with zero attached hydrogens (tertiary/aromatic N) is 4. The Hall–Kier alpha value is -8.21. The number of pyridine rings is 1. The fourth-order valence-electron chi connectivity index (χ4n) is 10.4. The number of para-hydroxylation sites is 4. The van der Waals surface area contributed by atoms with Crippen LogP contribution in [0.4, 0.5) is 11.4 Å². The molecule has 4 nitrogen and oxygen atoms in total. The summed E-state index contributed by atoms with van der Waals surface area (Å²) in [5.41, 5.74) is 16.5. The van der Waals surface area contributed by atoms with Crippen LogP contribution in [0.5, 0.6) is 0 Å². The average Bonchev–Trinajstić information content (AvgIpc) is 3.99. The largest absolute Gasteiger partial charge is 0.333 e. The second kappa shape index (κ2) is 14.2. The van der Waals surface area contributed by atoms with Crippen molar-refractivity contribution < 1.29 is 0 Å². The maximum Gasteiger partial charge on any atom is 0.138 e. The van der Waals surface area contributed by atoms with Gasteiger partial charge in [0.1, 0.15) is 5.82 Å². The summed E-state index contributed by atoms with van der Waals surface area (Å²) in [6.07, 6.45) is 7.27. The van der Waals surface area contributed by atoms with Crippen molar-refractivity contribution in [3.63, 3.8) is 0 Å². The maximum atomic E-state index is 5.36. The first-order valence-corrected chi connectivity index (χ1v) is 21.8. The Balaban J connectivity index is 0.911. The number of rotatable bonds is 6. The van der Waals surface area contributed by atoms with Crippen LogP contribution in [0.2, 0.25) is 0 Å². The molecule has 1 aliphatic heterocycles. The van der Waals surface area contributed by atoms with E-state index in [0.717, 1.165) is 33.7 Å². The highest BCUT2D eigenvalue weighted by molar-refractivity contribution is 6.11. The fourth-order valence-corrected chi connectivity index (χ4v) is 10.4. The summed E-state index contributed by atoms with van der Waals surface area (Å²) in [6.45, 7) is 0. The first kappa shape index (κ1) is 35.5. The molecule has 0 bridgehead atoms. The summed E-state index contributed by atoms with van der Waals surface area (Å²) in [7, 11) is 0. The van der Waals surface area contributed by atoms with Gasteiger partial charge in [-0.2, -0.15) is 0 Å². The summed E-state index contributed by atoms with van der Waals surface area (Å²) in [5.74, 6) is 1.10. The molecule has 1 aliphatic carbocycles. The first-order valence-electron chi connectivity index (χ1n) is 21.8. The van der Waals surface area contributed by atoms with Crippen molar-refractivity contribution in [2.24, 2.45) is 0 Å². The van der Waals surface area contributed by atoms with Crippen molar-refractivity contribution in [1.29, 1.82) is 0 Å². The summed E-state index contributed by atoms with van der Waals surface area (Å²) < 4.78 is 4.73. The van der Waals surface area contributed by atoms with Gasteiger partial charge in [0.15, 0.2) is 0 Å². The van der Waals surface area contributed by atoms with Gasteiger partial charge in [0.2, 0.25) is 0 Å². The van der Waals surface area contributed by atoms with Crippen LogP contribution in [0.25, 0.3) is 83.1 Å². The van der Waals surface area contributed by atoms with Crippen molar-refractivity contribution >= 4 is 60.6 Å². The second-order valence-corrected chi connectivity index (χ2v) is 16.7. The van der Waals surface area contributed by atoms with E-state index in [2.05, 4.69) is 245 Å². The Morgan fingerprint density at radius 2 is 1.00 bits per heavy atom.